The van der Waals surface area contributed by atoms with Gasteiger partial charge in [-0.3, -0.25) is 9.52 Å². The number of anilines is 3. The van der Waals surface area contributed by atoms with E-state index in [1.165, 1.54) is 23.0 Å². The van der Waals surface area contributed by atoms with Gasteiger partial charge in [0, 0.05) is 11.9 Å². The van der Waals surface area contributed by atoms with Gasteiger partial charge in [-0.05, 0) is 25.0 Å². The van der Waals surface area contributed by atoms with Gasteiger partial charge < -0.3 is 10.6 Å². The van der Waals surface area contributed by atoms with E-state index in [0.717, 1.165) is 18.6 Å². The van der Waals surface area contributed by atoms with Crippen LogP contribution in [0.15, 0.2) is 23.8 Å². The molecule has 0 saturated heterocycles. The Hall–Kier alpha value is -2.86. The van der Waals surface area contributed by atoms with Crippen LogP contribution >= 0.6 is 11.3 Å². The molecular weight excluding hydrogens is 448 g/mol. The predicted octanol–water partition coefficient (Wildman–Crippen LogP) is 4.20. The summed E-state index contributed by atoms with van der Waals surface area (Å²) in [4.78, 5) is 21.0. The topological polar surface area (TPSA) is 113 Å². The van der Waals surface area contributed by atoms with Crippen molar-refractivity contribution < 1.29 is 22.0 Å². The average Bonchev–Trinajstić information content (AvgIpc) is 3.16. The highest BCUT2D eigenvalue weighted by molar-refractivity contribution is 7.92. The van der Waals surface area contributed by atoms with E-state index in [1.54, 1.807) is 6.92 Å². The molecule has 31 heavy (non-hydrogen) atoms. The van der Waals surface area contributed by atoms with Gasteiger partial charge in [0.2, 0.25) is 10.0 Å². The van der Waals surface area contributed by atoms with Crippen LogP contribution in [-0.2, 0) is 10.0 Å². The number of nitrogens with one attached hydrogen (secondary N) is 3. The molecule has 3 N–H and O–H groups in total. The molecule has 2 aromatic heterocycles. The third-order valence-corrected chi connectivity index (χ3v) is 6.66. The van der Waals surface area contributed by atoms with Crippen LogP contribution in [0.5, 0.6) is 0 Å². The van der Waals surface area contributed by atoms with Crippen molar-refractivity contribution in [3.05, 3.63) is 41.0 Å². The summed E-state index contributed by atoms with van der Waals surface area (Å²) >= 11 is 1.23. The summed E-state index contributed by atoms with van der Waals surface area (Å²) in [6, 6.07) is 1.84. The van der Waals surface area contributed by atoms with Crippen molar-refractivity contribution >= 4 is 54.7 Å². The number of aromatic nitrogens is 2. The van der Waals surface area contributed by atoms with E-state index in [0.29, 0.717) is 29.0 Å². The molecule has 0 spiro atoms. The Bertz CT molecular complexity index is 1210. The van der Waals surface area contributed by atoms with Crippen LogP contribution in [0.1, 0.15) is 37.0 Å². The average molecular weight is 470 g/mol. The van der Waals surface area contributed by atoms with Crippen LogP contribution in [0.3, 0.4) is 0 Å². The van der Waals surface area contributed by atoms with Gasteiger partial charge >= 0.3 is 0 Å². The third-order valence-electron chi connectivity index (χ3n) is 4.21. The van der Waals surface area contributed by atoms with Crippen molar-refractivity contribution in [1.82, 2.24) is 9.97 Å². The number of benzene rings is 1. The molecule has 1 amide bonds. The fourth-order valence-corrected chi connectivity index (χ4v) is 4.89. The largest absolute Gasteiger partial charge is 0.369 e. The van der Waals surface area contributed by atoms with Crippen molar-refractivity contribution in [3.8, 4) is 0 Å². The van der Waals surface area contributed by atoms with E-state index in [1.807, 2.05) is 6.92 Å². The summed E-state index contributed by atoms with van der Waals surface area (Å²) in [5.74, 6) is -2.69. The lowest BCUT2D eigenvalue weighted by molar-refractivity contribution is 0.102. The molecule has 3 rings (SSSR count). The molecule has 0 unspecified atom stereocenters. The number of carbonyl (C=O) groups excluding carboxylic acids is 1. The van der Waals surface area contributed by atoms with Gasteiger partial charge in [0.05, 0.1) is 27.2 Å². The van der Waals surface area contributed by atoms with E-state index >= 15 is 0 Å². The molecule has 8 nitrogen and oxygen atoms in total. The predicted molar refractivity (Wildman–Crippen MR) is 118 cm³/mol. The van der Waals surface area contributed by atoms with Crippen molar-refractivity contribution in [1.29, 1.82) is 0 Å². The highest BCUT2D eigenvalue weighted by Gasteiger charge is 2.22. The van der Waals surface area contributed by atoms with Crippen molar-refractivity contribution in [3.63, 3.8) is 0 Å². The third kappa shape index (κ3) is 5.07. The first-order valence-electron chi connectivity index (χ1n) is 9.53. The lowest BCUT2D eigenvalue weighted by Crippen LogP contribution is -2.19. The monoisotopic (exact) mass is 469 g/mol. The molecule has 0 aliphatic carbocycles. The molecule has 2 heterocycles. The van der Waals surface area contributed by atoms with Gasteiger partial charge in [0.1, 0.15) is 23.6 Å². The Morgan fingerprint density at radius 2 is 1.94 bits per heavy atom. The van der Waals surface area contributed by atoms with Crippen LogP contribution < -0.4 is 15.4 Å². The van der Waals surface area contributed by atoms with E-state index in [4.69, 9.17) is 0 Å². The van der Waals surface area contributed by atoms with E-state index in [2.05, 4.69) is 25.3 Å². The number of fused-ring (bicyclic) bond motifs is 1. The summed E-state index contributed by atoms with van der Waals surface area (Å²) in [5.41, 5.74) is -0.734. The number of amides is 1. The number of hydrogen-bond acceptors (Lipinski definition) is 7. The number of rotatable bonds is 9. The van der Waals surface area contributed by atoms with Crippen LogP contribution in [0.25, 0.3) is 10.2 Å². The maximum atomic E-state index is 14.8. The zero-order chi connectivity index (χ0) is 22.6. The van der Waals surface area contributed by atoms with Gasteiger partial charge in [-0.15, -0.1) is 11.3 Å². The Labute approximate surface area is 182 Å². The summed E-state index contributed by atoms with van der Waals surface area (Å²) in [6.45, 7) is 4.34. The number of nitrogens with zero attached hydrogens (tertiary/aromatic N) is 2. The fraction of sp³-hybridized carbons (Fsp3) is 0.316. The minimum atomic E-state index is -3.80. The minimum Gasteiger partial charge on any atom is -0.369 e. The van der Waals surface area contributed by atoms with Gasteiger partial charge in [-0.1, -0.05) is 13.8 Å². The summed E-state index contributed by atoms with van der Waals surface area (Å²) in [5, 5.41) is 6.86. The summed E-state index contributed by atoms with van der Waals surface area (Å²) < 4.78 is 55.7. The Morgan fingerprint density at radius 1 is 1.16 bits per heavy atom. The molecular formula is C19H21F2N5O3S2. The zero-order valence-corrected chi connectivity index (χ0v) is 18.5. The van der Waals surface area contributed by atoms with Crippen LogP contribution in [0.2, 0.25) is 0 Å². The van der Waals surface area contributed by atoms with Crippen LogP contribution in [0.4, 0.5) is 26.0 Å². The SMILES string of the molecule is CCCNc1ncnc2c(C(=O)Nc3c(F)ccc(NS(=O)(=O)CCC)c3F)csc12. The summed E-state index contributed by atoms with van der Waals surface area (Å²) in [7, 11) is -3.80. The molecule has 0 atom stereocenters. The molecule has 166 valence electrons. The molecule has 3 aromatic rings. The first kappa shape index (κ1) is 22.8. The smallest absolute Gasteiger partial charge is 0.258 e. The number of sulfonamides is 1. The van der Waals surface area contributed by atoms with Crippen molar-refractivity contribution in [2.45, 2.75) is 26.7 Å². The lowest BCUT2D eigenvalue weighted by atomic mass is 10.2. The second-order valence-corrected chi connectivity index (χ2v) is 9.36. The van der Waals surface area contributed by atoms with E-state index < -0.39 is 38.9 Å². The summed E-state index contributed by atoms with van der Waals surface area (Å²) in [6.07, 6.45) is 2.50. The van der Waals surface area contributed by atoms with Crippen molar-refractivity contribution in [2.75, 3.05) is 27.7 Å². The number of thiophene rings is 1. The maximum Gasteiger partial charge on any atom is 0.258 e. The lowest BCUT2D eigenvalue weighted by Gasteiger charge is -2.12. The van der Waals surface area contributed by atoms with Gasteiger partial charge in [0.25, 0.3) is 5.91 Å². The van der Waals surface area contributed by atoms with Gasteiger partial charge in [0.15, 0.2) is 5.82 Å². The molecule has 0 saturated carbocycles. The molecule has 0 radical (unpaired) electrons. The second-order valence-electron chi connectivity index (χ2n) is 6.64. The standard InChI is InChI=1S/C19H21F2N5O3S2/c1-3-7-22-18-17-15(23-10-24-18)11(9-30-17)19(27)25-16-12(20)5-6-13(14(16)21)26-31(28,29)8-4-2/h5-6,9-10,26H,3-4,7-8H2,1-2H3,(H,25,27)(H,22,23,24). The number of halogens is 2. The van der Waals surface area contributed by atoms with E-state index in [-0.39, 0.29) is 11.3 Å². The molecule has 12 heteroatoms. The van der Waals surface area contributed by atoms with Gasteiger partial charge in [-0.2, -0.15) is 0 Å². The number of hydrogen-bond donors (Lipinski definition) is 3. The fourth-order valence-electron chi connectivity index (χ4n) is 2.80. The van der Waals surface area contributed by atoms with Gasteiger partial charge in [-0.25, -0.2) is 27.2 Å². The normalized spacial score (nSPS) is 11.5. The van der Waals surface area contributed by atoms with E-state index in [9.17, 15) is 22.0 Å². The Kier molecular flexibility index (Phi) is 7.01. The van der Waals surface area contributed by atoms with Crippen molar-refractivity contribution in [2.24, 2.45) is 0 Å². The van der Waals surface area contributed by atoms with Crippen LogP contribution in [-0.4, -0.2) is 36.6 Å². The maximum absolute atomic E-state index is 14.8. The molecule has 1 aromatic carbocycles. The first-order chi connectivity index (χ1) is 14.8. The first-order valence-corrected chi connectivity index (χ1v) is 12.1. The minimum absolute atomic E-state index is 0.123. The second kappa shape index (κ2) is 9.52. The molecule has 0 aliphatic heterocycles. The highest BCUT2D eigenvalue weighted by atomic mass is 32.2. The molecule has 0 aliphatic rings. The highest BCUT2D eigenvalue weighted by Crippen LogP contribution is 2.31. The molecule has 0 bridgehead atoms. The zero-order valence-electron chi connectivity index (χ0n) is 16.8. The molecule has 0 fully saturated rings. The number of carbonyl (C=O) groups is 1. The Morgan fingerprint density at radius 3 is 2.65 bits per heavy atom. The quantitative estimate of drug-likeness (QED) is 0.433. The Balaban J connectivity index is 1.91. The van der Waals surface area contributed by atoms with Crippen LogP contribution in [0, 0.1) is 11.6 Å².